The molecule has 1 N–H and O–H groups in total. The number of Topliss-reactive ketones (excluding diaryl/α,β-unsaturated/α-hetero) is 1. The van der Waals surface area contributed by atoms with Gasteiger partial charge in [-0.1, -0.05) is 35.6 Å². The number of fused-ring (bicyclic) bond motifs is 2. The summed E-state index contributed by atoms with van der Waals surface area (Å²) in [5, 5.41) is 23.5. The van der Waals surface area contributed by atoms with Crippen LogP contribution in [0.2, 0.25) is 0 Å². The Morgan fingerprint density at radius 3 is 2.52 bits per heavy atom. The molecule has 200 valence electrons. The number of pyridine rings is 1. The molecule has 1 atom stereocenters. The largest absolute Gasteiger partial charge is 0.505 e. The fourth-order valence-corrected chi connectivity index (χ4v) is 6.46. The van der Waals surface area contributed by atoms with E-state index in [1.54, 1.807) is 23.6 Å². The molecule has 1 amide bonds. The van der Waals surface area contributed by atoms with Crippen LogP contribution in [-0.4, -0.2) is 36.1 Å². The van der Waals surface area contributed by atoms with Gasteiger partial charge in [-0.2, -0.15) is 0 Å². The molecule has 0 aliphatic carbocycles. The summed E-state index contributed by atoms with van der Waals surface area (Å²) in [7, 11) is 0. The second-order valence-electron chi connectivity index (χ2n) is 9.88. The number of thiazole rings is 1. The molecule has 1 unspecified atom stereocenters. The Bertz CT molecular complexity index is 1950. The molecule has 11 heteroatoms. The summed E-state index contributed by atoms with van der Waals surface area (Å²) in [5.41, 5.74) is 4.69. The number of non-ortho nitro benzene ring substituents is 1. The zero-order chi connectivity index (χ0) is 28.5. The molecule has 1 aliphatic heterocycles. The number of imidazole rings is 1. The van der Waals surface area contributed by atoms with Crippen molar-refractivity contribution in [3.63, 3.8) is 0 Å². The Labute approximate surface area is 232 Å². The molecule has 10 nitrogen and oxygen atoms in total. The summed E-state index contributed by atoms with van der Waals surface area (Å²) in [6, 6.07) is 12.2. The van der Waals surface area contributed by atoms with Crippen LogP contribution in [0.15, 0.2) is 60.3 Å². The van der Waals surface area contributed by atoms with E-state index in [0.717, 1.165) is 21.4 Å². The number of aryl methyl sites for hydroxylation is 4. The Hall–Kier alpha value is -4.90. The Kier molecular flexibility index (Phi) is 5.77. The van der Waals surface area contributed by atoms with E-state index in [1.165, 1.54) is 34.4 Å². The van der Waals surface area contributed by atoms with Crippen LogP contribution in [0.3, 0.4) is 0 Å². The van der Waals surface area contributed by atoms with Crippen molar-refractivity contribution in [2.75, 3.05) is 4.90 Å². The van der Waals surface area contributed by atoms with E-state index in [2.05, 4.69) is 4.98 Å². The molecular weight excluding hydrogens is 530 g/mol. The van der Waals surface area contributed by atoms with Crippen molar-refractivity contribution in [1.29, 1.82) is 0 Å². The van der Waals surface area contributed by atoms with E-state index >= 15 is 0 Å². The highest BCUT2D eigenvalue weighted by atomic mass is 32.1. The summed E-state index contributed by atoms with van der Waals surface area (Å²) in [6.07, 6.45) is 1.80. The minimum atomic E-state index is -1.16. The standard InChI is InChI=1S/C29H23N5O5S/c1-14-11-16(3)22-20(12-14)40-29(31-22)33-24(18-8-5-9-19(13-18)34(38)39)21(26(36)28(33)37)25(35)23-17(4)32-10-6-7-15(2)27(32)30-23/h5-13,24,35H,1-4H3. The molecule has 1 aliphatic rings. The van der Waals surface area contributed by atoms with Crippen LogP contribution in [0.25, 0.3) is 21.6 Å². The second kappa shape index (κ2) is 9.09. The van der Waals surface area contributed by atoms with Gasteiger partial charge in [0.1, 0.15) is 11.3 Å². The number of nitro benzene ring substituents is 1. The Morgan fingerprint density at radius 2 is 1.80 bits per heavy atom. The van der Waals surface area contributed by atoms with Crippen LogP contribution in [0.1, 0.15) is 39.7 Å². The smallest absolute Gasteiger partial charge is 0.301 e. The number of anilines is 1. The summed E-state index contributed by atoms with van der Waals surface area (Å²) < 4.78 is 2.63. The van der Waals surface area contributed by atoms with Crippen molar-refractivity contribution in [1.82, 2.24) is 14.4 Å². The molecule has 5 aromatic rings. The summed E-state index contributed by atoms with van der Waals surface area (Å²) in [6.45, 7) is 7.51. The van der Waals surface area contributed by atoms with Gasteiger partial charge in [0.25, 0.3) is 11.5 Å². The molecule has 0 radical (unpaired) electrons. The number of ketones is 1. The summed E-state index contributed by atoms with van der Waals surface area (Å²) in [4.78, 5) is 48.9. The monoisotopic (exact) mass is 553 g/mol. The minimum absolute atomic E-state index is 0.151. The van der Waals surface area contributed by atoms with Crippen molar-refractivity contribution in [2.24, 2.45) is 0 Å². The predicted octanol–water partition coefficient (Wildman–Crippen LogP) is 5.71. The van der Waals surface area contributed by atoms with E-state index in [9.17, 15) is 24.8 Å². The van der Waals surface area contributed by atoms with Gasteiger partial charge in [0, 0.05) is 18.3 Å². The maximum absolute atomic E-state index is 13.6. The molecule has 1 fully saturated rings. The molecule has 1 saturated heterocycles. The minimum Gasteiger partial charge on any atom is -0.505 e. The van der Waals surface area contributed by atoms with Gasteiger partial charge in [-0.25, -0.2) is 9.97 Å². The lowest BCUT2D eigenvalue weighted by Crippen LogP contribution is -2.29. The lowest BCUT2D eigenvalue weighted by Gasteiger charge is -2.22. The summed E-state index contributed by atoms with van der Waals surface area (Å²) >= 11 is 1.24. The van der Waals surface area contributed by atoms with Gasteiger partial charge < -0.3 is 9.51 Å². The van der Waals surface area contributed by atoms with Gasteiger partial charge >= 0.3 is 5.91 Å². The van der Waals surface area contributed by atoms with Crippen LogP contribution in [0, 0.1) is 37.8 Å². The third-order valence-electron chi connectivity index (χ3n) is 7.17. The van der Waals surface area contributed by atoms with Gasteiger partial charge in [0.2, 0.25) is 0 Å². The van der Waals surface area contributed by atoms with Gasteiger partial charge in [0.15, 0.2) is 10.9 Å². The maximum atomic E-state index is 13.6. The number of aliphatic hydroxyl groups excluding tert-OH is 1. The lowest BCUT2D eigenvalue weighted by molar-refractivity contribution is -0.384. The number of hydrogen-bond acceptors (Lipinski definition) is 8. The summed E-state index contributed by atoms with van der Waals surface area (Å²) in [5.74, 6) is -2.26. The highest BCUT2D eigenvalue weighted by Gasteiger charge is 2.49. The first-order chi connectivity index (χ1) is 19.1. The second-order valence-corrected chi connectivity index (χ2v) is 10.9. The molecule has 0 saturated carbocycles. The number of amides is 1. The fourth-order valence-electron chi connectivity index (χ4n) is 5.29. The number of nitro groups is 1. The van der Waals surface area contributed by atoms with E-state index < -0.39 is 28.4 Å². The molecule has 3 aromatic heterocycles. The topological polar surface area (TPSA) is 131 Å². The zero-order valence-electron chi connectivity index (χ0n) is 22.0. The van der Waals surface area contributed by atoms with Gasteiger partial charge in [0.05, 0.1) is 32.4 Å². The molecule has 4 heterocycles. The number of carbonyl (C=O) groups is 2. The Balaban J connectivity index is 1.62. The van der Waals surface area contributed by atoms with Crippen molar-refractivity contribution < 1.29 is 19.6 Å². The van der Waals surface area contributed by atoms with Crippen LogP contribution in [0.4, 0.5) is 10.8 Å². The van der Waals surface area contributed by atoms with E-state index in [4.69, 9.17) is 4.98 Å². The SMILES string of the molecule is Cc1cc(C)c2nc(N3C(=O)C(=O)C(=C(O)c4nc5c(C)cccn5c4C)C3c3cccc([N+](=O)[O-])c3)sc2c1. The molecule has 40 heavy (non-hydrogen) atoms. The van der Waals surface area contributed by atoms with E-state index in [-0.39, 0.29) is 22.1 Å². The van der Waals surface area contributed by atoms with Crippen molar-refractivity contribution in [3.8, 4) is 0 Å². The number of benzene rings is 2. The van der Waals surface area contributed by atoms with Crippen LogP contribution in [-0.2, 0) is 9.59 Å². The number of nitrogens with zero attached hydrogens (tertiary/aromatic N) is 5. The van der Waals surface area contributed by atoms with Crippen LogP contribution < -0.4 is 4.90 Å². The van der Waals surface area contributed by atoms with E-state index in [1.807, 2.05) is 45.0 Å². The third-order valence-corrected chi connectivity index (χ3v) is 8.18. The first kappa shape index (κ1) is 25.4. The average molecular weight is 554 g/mol. The molecule has 0 spiro atoms. The molecular formula is C29H23N5O5S. The normalized spacial score (nSPS) is 16.9. The quantitative estimate of drug-likeness (QED) is 0.0991. The molecule has 2 aromatic carbocycles. The van der Waals surface area contributed by atoms with Crippen molar-refractivity contribution >= 4 is 55.5 Å². The lowest BCUT2D eigenvalue weighted by atomic mass is 9.96. The first-order valence-corrected chi connectivity index (χ1v) is 13.3. The molecule has 0 bridgehead atoms. The number of aromatic nitrogens is 3. The van der Waals surface area contributed by atoms with Crippen molar-refractivity contribution in [3.05, 3.63) is 104 Å². The van der Waals surface area contributed by atoms with Crippen molar-refractivity contribution in [2.45, 2.75) is 33.7 Å². The molecule has 6 rings (SSSR count). The average Bonchev–Trinajstić information content (AvgIpc) is 3.57. The maximum Gasteiger partial charge on any atom is 0.301 e. The number of rotatable bonds is 4. The zero-order valence-corrected chi connectivity index (χ0v) is 22.8. The third kappa shape index (κ3) is 3.77. The highest BCUT2D eigenvalue weighted by Crippen LogP contribution is 2.45. The first-order valence-electron chi connectivity index (χ1n) is 12.4. The van der Waals surface area contributed by atoms with Crippen LogP contribution in [0.5, 0.6) is 0 Å². The number of aliphatic hydroxyl groups is 1. The fraction of sp³-hybridized carbons (Fsp3) is 0.172. The number of carbonyl (C=O) groups excluding carboxylic acids is 2. The Morgan fingerprint density at radius 1 is 1.02 bits per heavy atom. The van der Waals surface area contributed by atoms with Crippen LogP contribution >= 0.6 is 11.3 Å². The van der Waals surface area contributed by atoms with Gasteiger partial charge in [-0.05, 0) is 62.1 Å². The van der Waals surface area contributed by atoms with Gasteiger partial charge in [-0.15, -0.1) is 0 Å². The highest BCUT2D eigenvalue weighted by molar-refractivity contribution is 7.22. The predicted molar refractivity (Wildman–Crippen MR) is 152 cm³/mol. The van der Waals surface area contributed by atoms with Gasteiger partial charge in [-0.3, -0.25) is 24.6 Å². The number of hydrogen-bond donors (Lipinski definition) is 1. The van der Waals surface area contributed by atoms with E-state index in [0.29, 0.717) is 22.4 Å².